The molecular formula is C14H20N2O4. The van der Waals surface area contributed by atoms with Gasteiger partial charge in [-0.15, -0.1) is 0 Å². The van der Waals surface area contributed by atoms with Gasteiger partial charge in [0.2, 0.25) is 5.88 Å². The molecule has 1 aromatic heterocycles. The third kappa shape index (κ3) is 3.84. The molecule has 0 spiro atoms. The number of hydrogen-bond donors (Lipinski definition) is 1. The smallest absolute Gasteiger partial charge is 0.410 e. The van der Waals surface area contributed by atoms with Gasteiger partial charge in [-0.25, -0.2) is 9.78 Å². The normalized spacial score (nSPS) is 22.7. The Morgan fingerprint density at radius 2 is 2.15 bits per heavy atom. The van der Waals surface area contributed by atoms with Gasteiger partial charge in [0.05, 0.1) is 13.1 Å². The maximum absolute atomic E-state index is 11.9. The van der Waals surface area contributed by atoms with E-state index < -0.39 is 23.9 Å². The molecule has 0 unspecified atom stereocenters. The Kier molecular flexibility index (Phi) is 4.13. The SMILES string of the molecule is CC(C)(C)OC(=O)N1C[C@@H](O)[C@H](Oc2ccccn2)C1. The molecule has 2 rings (SSSR count). The second-order valence-corrected chi connectivity index (χ2v) is 5.78. The highest BCUT2D eigenvalue weighted by Gasteiger charge is 2.37. The molecule has 1 aliphatic rings. The molecule has 110 valence electrons. The predicted octanol–water partition coefficient (Wildman–Crippen LogP) is 1.44. The number of aliphatic hydroxyl groups excluding tert-OH is 1. The molecule has 20 heavy (non-hydrogen) atoms. The molecule has 1 fully saturated rings. The fourth-order valence-corrected chi connectivity index (χ4v) is 1.92. The van der Waals surface area contributed by atoms with Crippen molar-refractivity contribution in [1.29, 1.82) is 0 Å². The summed E-state index contributed by atoms with van der Waals surface area (Å²) in [6.45, 7) is 5.90. The largest absolute Gasteiger partial charge is 0.470 e. The molecule has 1 aliphatic heterocycles. The molecular weight excluding hydrogens is 260 g/mol. The molecule has 6 heteroatoms. The number of aromatic nitrogens is 1. The Balaban J connectivity index is 1.94. The van der Waals surface area contributed by atoms with Gasteiger partial charge in [-0.1, -0.05) is 6.07 Å². The molecule has 1 aromatic rings. The van der Waals surface area contributed by atoms with Crippen molar-refractivity contribution >= 4 is 6.09 Å². The molecule has 2 heterocycles. The number of ether oxygens (including phenoxy) is 2. The molecule has 0 bridgehead atoms. The number of rotatable bonds is 2. The number of carbonyl (C=O) groups is 1. The van der Waals surface area contributed by atoms with Crippen LogP contribution in [0.25, 0.3) is 0 Å². The maximum atomic E-state index is 11.9. The standard InChI is InChI=1S/C14H20N2O4/c1-14(2,3)20-13(18)16-8-10(17)11(9-16)19-12-6-4-5-7-15-12/h4-7,10-11,17H,8-9H2,1-3H3/t10-,11-/m1/s1. The Morgan fingerprint density at radius 3 is 2.75 bits per heavy atom. The van der Waals surface area contributed by atoms with Gasteiger partial charge in [0.25, 0.3) is 0 Å². The Hall–Kier alpha value is -1.82. The van der Waals surface area contributed by atoms with E-state index in [1.807, 2.05) is 0 Å². The monoisotopic (exact) mass is 280 g/mol. The highest BCUT2D eigenvalue weighted by molar-refractivity contribution is 5.68. The molecule has 6 nitrogen and oxygen atoms in total. The minimum atomic E-state index is -0.746. The first kappa shape index (κ1) is 14.6. The lowest BCUT2D eigenvalue weighted by Crippen LogP contribution is -2.36. The number of carbonyl (C=O) groups excluding carboxylic acids is 1. The molecule has 2 atom stereocenters. The van der Waals surface area contributed by atoms with Crippen LogP contribution >= 0.6 is 0 Å². The van der Waals surface area contributed by atoms with Gasteiger partial charge in [-0.3, -0.25) is 0 Å². The van der Waals surface area contributed by atoms with Gasteiger partial charge in [0.15, 0.2) is 0 Å². The van der Waals surface area contributed by atoms with Gasteiger partial charge >= 0.3 is 6.09 Å². The van der Waals surface area contributed by atoms with Crippen LogP contribution in [0.4, 0.5) is 4.79 Å². The minimum Gasteiger partial charge on any atom is -0.470 e. The predicted molar refractivity (Wildman–Crippen MR) is 72.5 cm³/mol. The summed E-state index contributed by atoms with van der Waals surface area (Å²) in [5.41, 5.74) is -0.554. The van der Waals surface area contributed by atoms with Crippen molar-refractivity contribution in [3.63, 3.8) is 0 Å². The fraction of sp³-hybridized carbons (Fsp3) is 0.571. The van der Waals surface area contributed by atoms with E-state index in [-0.39, 0.29) is 13.1 Å². The summed E-state index contributed by atoms with van der Waals surface area (Å²) in [4.78, 5) is 17.4. The summed E-state index contributed by atoms with van der Waals surface area (Å²) in [5.74, 6) is 0.433. The van der Waals surface area contributed by atoms with Crippen LogP contribution in [0.3, 0.4) is 0 Å². The van der Waals surface area contributed by atoms with Crippen LogP contribution in [-0.2, 0) is 4.74 Å². The lowest BCUT2D eigenvalue weighted by atomic mass is 10.2. The highest BCUT2D eigenvalue weighted by Crippen LogP contribution is 2.19. The number of amides is 1. The summed E-state index contributed by atoms with van der Waals surface area (Å²) in [6.07, 6.45) is -0.0620. The van der Waals surface area contributed by atoms with Crippen LogP contribution in [-0.4, -0.2) is 52.0 Å². The highest BCUT2D eigenvalue weighted by atomic mass is 16.6. The average molecular weight is 280 g/mol. The van der Waals surface area contributed by atoms with E-state index >= 15 is 0 Å². The second kappa shape index (κ2) is 5.66. The lowest BCUT2D eigenvalue weighted by Gasteiger charge is -2.24. The van der Waals surface area contributed by atoms with E-state index in [1.165, 1.54) is 4.90 Å². The van der Waals surface area contributed by atoms with Crippen LogP contribution in [0.15, 0.2) is 24.4 Å². The zero-order valence-corrected chi connectivity index (χ0v) is 11.9. The molecule has 0 aromatic carbocycles. The first-order valence-electron chi connectivity index (χ1n) is 6.59. The first-order chi connectivity index (χ1) is 9.35. The van der Waals surface area contributed by atoms with E-state index in [1.54, 1.807) is 45.2 Å². The number of hydrogen-bond acceptors (Lipinski definition) is 5. The van der Waals surface area contributed by atoms with Crippen molar-refractivity contribution in [1.82, 2.24) is 9.88 Å². The van der Waals surface area contributed by atoms with Crippen LogP contribution in [0.5, 0.6) is 5.88 Å². The molecule has 0 radical (unpaired) electrons. The van der Waals surface area contributed by atoms with E-state index in [2.05, 4.69) is 4.98 Å². The maximum Gasteiger partial charge on any atom is 0.410 e. The number of β-amino-alcohol motifs (C(OH)–C–C–N with tert-alkyl or cyclic N) is 1. The van der Waals surface area contributed by atoms with Crippen LogP contribution in [0, 0.1) is 0 Å². The van der Waals surface area contributed by atoms with Crippen molar-refractivity contribution < 1.29 is 19.4 Å². The molecule has 0 saturated carbocycles. The number of nitrogens with zero attached hydrogens (tertiary/aromatic N) is 2. The Labute approximate surface area is 118 Å². The van der Waals surface area contributed by atoms with Crippen LogP contribution in [0.1, 0.15) is 20.8 Å². The number of likely N-dealkylation sites (tertiary alicyclic amines) is 1. The van der Waals surface area contributed by atoms with E-state index in [0.717, 1.165) is 0 Å². The summed E-state index contributed by atoms with van der Waals surface area (Å²) >= 11 is 0. The number of aliphatic hydroxyl groups is 1. The minimum absolute atomic E-state index is 0.201. The van der Waals surface area contributed by atoms with Crippen LogP contribution < -0.4 is 4.74 Å². The summed E-state index contributed by atoms with van der Waals surface area (Å²) in [7, 11) is 0. The van der Waals surface area contributed by atoms with Gasteiger partial charge < -0.3 is 19.5 Å². The van der Waals surface area contributed by atoms with Crippen molar-refractivity contribution in [3.8, 4) is 5.88 Å². The zero-order valence-electron chi connectivity index (χ0n) is 11.9. The average Bonchev–Trinajstić information content (AvgIpc) is 2.70. The third-order valence-corrected chi connectivity index (χ3v) is 2.80. The Morgan fingerprint density at radius 1 is 1.40 bits per heavy atom. The quantitative estimate of drug-likeness (QED) is 0.887. The zero-order chi connectivity index (χ0) is 14.8. The van der Waals surface area contributed by atoms with Crippen molar-refractivity contribution in [3.05, 3.63) is 24.4 Å². The van der Waals surface area contributed by atoms with Crippen molar-refractivity contribution in [2.45, 2.75) is 38.6 Å². The summed E-state index contributed by atoms with van der Waals surface area (Å²) < 4.78 is 10.9. The summed E-state index contributed by atoms with van der Waals surface area (Å²) in [6, 6.07) is 5.29. The van der Waals surface area contributed by atoms with Crippen LogP contribution in [0.2, 0.25) is 0 Å². The van der Waals surface area contributed by atoms with E-state index in [4.69, 9.17) is 9.47 Å². The topological polar surface area (TPSA) is 71.9 Å². The van der Waals surface area contributed by atoms with Gasteiger partial charge in [-0.2, -0.15) is 0 Å². The summed E-state index contributed by atoms with van der Waals surface area (Å²) in [5, 5.41) is 9.97. The first-order valence-corrected chi connectivity index (χ1v) is 6.59. The van der Waals surface area contributed by atoms with Gasteiger partial charge in [0, 0.05) is 12.3 Å². The molecule has 1 amide bonds. The second-order valence-electron chi connectivity index (χ2n) is 5.78. The molecule has 1 N–H and O–H groups in total. The van der Waals surface area contributed by atoms with E-state index in [9.17, 15) is 9.90 Å². The third-order valence-electron chi connectivity index (χ3n) is 2.80. The van der Waals surface area contributed by atoms with Crippen molar-refractivity contribution in [2.24, 2.45) is 0 Å². The molecule has 0 aliphatic carbocycles. The van der Waals surface area contributed by atoms with Gasteiger partial charge in [0.1, 0.15) is 17.8 Å². The lowest BCUT2D eigenvalue weighted by molar-refractivity contribution is 0.0268. The Bertz CT molecular complexity index is 458. The van der Waals surface area contributed by atoms with E-state index in [0.29, 0.717) is 5.88 Å². The van der Waals surface area contributed by atoms with Gasteiger partial charge in [-0.05, 0) is 26.8 Å². The molecule has 1 saturated heterocycles. The number of pyridine rings is 1. The fourth-order valence-electron chi connectivity index (χ4n) is 1.92. The van der Waals surface area contributed by atoms with Crippen molar-refractivity contribution in [2.75, 3.05) is 13.1 Å².